The molecule has 102 valence electrons. The van der Waals surface area contributed by atoms with Crippen molar-refractivity contribution in [3.63, 3.8) is 0 Å². The predicted octanol–water partition coefficient (Wildman–Crippen LogP) is -1.63. The lowest BCUT2D eigenvalue weighted by Gasteiger charge is -2.37. The fourth-order valence-electron chi connectivity index (χ4n) is 1.85. The molecular weight excluding hydrogens is 240 g/mol. The first kappa shape index (κ1) is 14.8. The van der Waals surface area contributed by atoms with E-state index in [1.165, 1.54) is 0 Å². The Hall–Kier alpha value is -0.210. The van der Waals surface area contributed by atoms with Crippen LogP contribution >= 0.6 is 0 Å². The van der Waals surface area contributed by atoms with E-state index in [1.807, 2.05) is 7.05 Å². The smallest absolute Gasteiger partial charge is 0.212 e. The number of rotatable bonds is 6. The van der Waals surface area contributed by atoms with E-state index in [1.54, 1.807) is 7.05 Å². The van der Waals surface area contributed by atoms with E-state index < -0.39 is 10.0 Å². The third kappa shape index (κ3) is 5.31. The van der Waals surface area contributed by atoms with Crippen LogP contribution < -0.4 is 10.0 Å². The van der Waals surface area contributed by atoms with Gasteiger partial charge in [-0.15, -0.1) is 0 Å². The third-order valence-electron chi connectivity index (χ3n) is 3.14. The second-order valence-electron chi connectivity index (χ2n) is 4.67. The van der Waals surface area contributed by atoms with Gasteiger partial charge in [-0.25, -0.2) is 13.1 Å². The standard InChI is InChI=1S/C10H24N4O2S/c1-11-4-7-17(15,16)12-8-10-9-13(2)5-6-14(10)3/h10-12H,4-9H2,1-3H3. The quantitative estimate of drug-likeness (QED) is 0.603. The van der Waals surface area contributed by atoms with Crippen molar-refractivity contribution < 1.29 is 8.42 Å². The average Bonchev–Trinajstić information content (AvgIpc) is 2.28. The van der Waals surface area contributed by atoms with Crippen LogP contribution in [0.4, 0.5) is 0 Å². The molecule has 0 spiro atoms. The first-order valence-electron chi connectivity index (χ1n) is 5.95. The normalized spacial score (nSPS) is 24.1. The summed E-state index contributed by atoms with van der Waals surface area (Å²) in [5.74, 6) is 0.135. The molecule has 0 aliphatic carbocycles. The van der Waals surface area contributed by atoms with E-state index in [-0.39, 0.29) is 11.8 Å². The van der Waals surface area contributed by atoms with Crippen molar-refractivity contribution in [3.8, 4) is 0 Å². The Balaban J connectivity index is 2.38. The Morgan fingerprint density at radius 2 is 2.00 bits per heavy atom. The zero-order valence-electron chi connectivity index (χ0n) is 10.9. The van der Waals surface area contributed by atoms with Gasteiger partial charge in [0, 0.05) is 38.8 Å². The van der Waals surface area contributed by atoms with Crippen LogP contribution in [-0.4, -0.2) is 83.9 Å². The first-order valence-corrected chi connectivity index (χ1v) is 7.60. The number of hydrogen-bond acceptors (Lipinski definition) is 5. The molecule has 1 fully saturated rings. The SMILES string of the molecule is CNCCS(=O)(=O)NCC1CN(C)CCN1C. The summed E-state index contributed by atoms with van der Waals surface area (Å²) in [6.45, 7) is 3.91. The van der Waals surface area contributed by atoms with Gasteiger partial charge in [-0.2, -0.15) is 0 Å². The molecule has 1 aliphatic heterocycles. The van der Waals surface area contributed by atoms with Crippen molar-refractivity contribution in [2.75, 3.05) is 59.6 Å². The molecule has 1 saturated heterocycles. The Kier molecular flexibility index (Phi) is 5.81. The van der Waals surface area contributed by atoms with Gasteiger partial charge in [-0.05, 0) is 21.1 Å². The maximum Gasteiger partial charge on any atom is 0.212 e. The van der Waals surface area contributed by atoms with Gasteiger partial charge in [-0.3, -0.25) is 4.90 Å². The van der Waals surface area contributed by atoms with E-state index in [9.17, 15) is 8.42 Å². The van der Waals surface area contributed by atoms with Gasteiger partial charge in [0.25, 0.3) is 0 Å². The molecule has 17 heavy (non-hydrogen) atoms. The van der Waals surface area contributed by atoms with Crippen LogP contribution in [0.3, 0.4) is 0 Å². The molecule has 0 aromatic carbocycles. The number of nitrogens with zero attached hydrogens (tertiary/aromatic N) is 2. The van der Waals surface area contributed by atoms with Gasteiger partial charge in [0.1, 0.15) is 0 Å². The molecule has 0 aromatic rings. The van der Waals surface area contributed by atoms with Gasteiger partial charge in [0.05, 0.1) is 5.75 Å². The zero-order valence-corrected chi connectivity index (χ0v) is 11.8. The van der Waals surface area contributed by atoms with E-state index in [0.717, 1.165) is 19.6 Å². The molecule has 1 atom stereocenters. The van der Waals surface area contributed by atoms with Crippen LogP contribution in [0.15, 0.2) is 0 Å². The van der Waals surface area contributed by atoms with Crippen molar-refractivity contribution >= 4 is 10.0 Å². The maximum atomic E-state index is 11.6. The van der Waals surface area contributed by atoms with E-state index in [2.05, 4.69) is 26.9 Å². The summed E-state index contributed by atoms with van der Waals surface area (Å²) < 4.78 is 26.0. The summed E-state index contributed by atoms with van der Waals surface area (Å²) in [5, 5.41) is 2.84. The second kappa shape index (κ2) is 6.65. The molecule has 0 bridgehead atoms. The second-order valence-corrected chi connectivity index (χ2v) is 6.59. The lowest BCUT2D eigenvalue weighted by Crippen LogP contribution is -2.54. The van der Waals surface area contributed by atoms with Crippen LogP contribution in [0.1, 0.15) is 0 Å². The Morgan fingerprint density at radius 3 is 2.65 bits per heavy atom. The summed E-state index contributed by atoms with van der Waals surface area (Å²) >= 11 is 0. The van der Waals surface area contributed by atoms with Crippen LogP contribution in [-0.2, 0) is 10.0 Å². The monoisotopic (exact) mass is 264 g/mol. The van der Waals surface area contributed by atoms with E-state index >= 15 is 0 Å². The van der Waals surface area contributed by atoms with Crippen molar-refractivity contribution in [2.24, 2.45) is 0 Å². The highest BCUT2D eigenvalue weighted by molar-refractivity contribution is 7.89. The van der Waals surface area contributed by atoms with Gasteiger partial charge >= 0.3 is 0 Å². The summed E-state index contributed by atoms with van der Waals surface area (Å²) in [5.41, 5.74) is 0. The zero-order chi connectivity index (χ0) is 12.9. The minimum Gasteiger partial charge on any atom is -0.319 e. The van der Waals surface area contributed by atoms with Gasteiger partial charge in [0.2, 0.25) is 10.0 Å². The van der Waals surface area contributed by atoms with Crippen molar-refractivity contribution in [3.05, 3.63) is 0 Å². The number of piperazine rings is 1. The van der Waals surface area contributed by atoms with Crippen LogP contribution in [0.5, 0.6) is 0 Å². The predicted molar refractivity (Wildman–Crippen MR) is 69.6 cm³/mol. The average molecular weight is 264 g/mol. The molecule has 1 rings (SSSR count). The molecular formula is C10H24N4O2S. The fraction of sp³-hybridized carbons (Fsp3) is 1.00. The molecule has 0 saturated carbocycles. The molecule has 1 heterocycles. The molecule has 0 amide bonds. The van der Waals surface area contributed by atoms with Crippen molar-refractivity contribution in [2.45, 2.75) is 6.04 Å². The Labute approximate surface area is 104 Å². The molecule has 7 heteroatoms. The highest BCUT2D eigenvalue weighted by Crippen LogP contribution is 2.05. The summed E-state index contributed by atoms with van der Waals surface area (Å²) in [7, 11) is 2.71. The molecule has 0 radical (unpaired) electrons. The summed E-state index contributed by atoms with van der Waals surface area (Å²) in [6, 6.07) is 0.262. The highest BCUT2D eigenvalue weighted by Gasteiger charge is 2.23. The Bertz CT molecular complexity index is 320. The third-order valence-corrected chi connectivity index (χ3v) is 4.49. The lowest BCUT2D eigenvalue weighted by atomic mass is 10.2. The van der Waals surface area contributed by atoms with Gasteiger partial charge < -0.3 is 10.2 Å². The maximum absolute atomic E-state index is 11.6. The topological polar surface area (TPSA) is 64.7 Å². The largest absolute Gasteiger partial charge is 0.319 e. The van der Waals surface area contributed by atoms with E-state index in [0.29, 0.717) is 13.1 Å². The minimum atomic E-state index is -3.14. The molecule has 6 nitrogen and oxygen atoms in total. The summed E-state index contributed by atoms with van der Waals surface area (Å²) in [6.07, 6.45) is 0. The van der Waals surface area contributed by atoms with Crippen LogP contribution in [0, 0.1) is 0 Å². The highest BCUT2D eigenvalue weighted by atomic mass is 32.2. The number of nitrogens with one attached hydrogen (secondary N) is 2. The van der Waals surface area contributed by atoms with Gasteiger partial charge in [0.15, 0.2) is 0 Å². The lowest BCUT2D eigenvalue weighted by molar-refractivity contribution is 0.117. The molecule has 0 aromatic heterocycles. The number of likely N-dealkylation sites (N-methyl/N-ethyl adjacent to an activating group) is 2. The van der Waals surface area contributed by atoms with Crippen molar-refractivity contribution in [1.29, 1.82) is 0 Å². The van der Waals surface area contributed by atoms with Gasteiger partial charge in [-0.1, -0.05) is 0 Å². The molecule has 1 aliphatic rings. The number of sulfonamides is 1. The Morgan fingerprint density at radius 1 is 1.29 bits per heavy atom. The molecule has 2 N–H and O–H groups in total. The van der Waals surface area contributed by atoms with Crippen molar-refractivity contribution in [1.82, 2.24) is 19.8 Å². The summed E-state index contributed by atoms with van der Waals surface area (Å²) in [4.78, 5) is 4.44. The van der Waals surface area contributed by atoms with Crippen LogP contribution in [0.2, 0.25) is 0 Å². The number of hydrogen-bond donors (Lipinski definition) is 2. The fourth-order valence-corrected chi connectivity index (χ4v) is 2.92. The molecule has 1 unspecified atom stereocenters. The van der Waals surface area contributed by atoms with Crippen LogP contribution in [0.25, 0.3) is 0 Å². The first-order chi connectivity index (χ1) is 7.94. The minimum absolute atomic E-state index is 0.135. The van der Waals surface area contributed by atoms with E-state index in [4.69, 9.17) is 0 Å².